The van der Waals surface area contributed by atoms with Crippen LogP contribution in [0, 0.1) is 12.8 Å². The Hall–Kier alpha value is -0.900. The zero-order chi connectivity index (χ0) is 22.1. The Balaban J connectivity index is 0.00000363. The number of benzene rings is 1. The van der Waals surface area contributed by atoms with Gasteiger partial charge in [-0.2, -0.15) is 0 Å². The molecule has 2 N–H and O–H groups in total. The molecule has 7 heteroatoms. The zero-order valence-electron chi connectivity index (χ0n) is 20.3. The summed E-state index contributed by atoms with van der Waals surface area (Å²) in [5, 5.41) is 6.93. The maximum atomic E-state index is 6.17. The van der Waals surface area contributed by atoms with Crippen molar-refractivity contribution in [3.63, 3.8) is 0 Å². The molecule has 4 atom stereocenters. The number of halogens is 1. The molecule has 0 amide bonds. The van der Waals surface area contributed by atoms with Crippen LogP contribution in [-0.4, -0.2) is 68.9 Å². The molecule has 2 heterocycles. The third-order valence-corrected chi connectivity index (χ3v) is 6.12. The van der Waals surface area contributed by atoms with E-state index in [0.29, 0.717) is 18.1 Å². The fourth-order valence-corrected chi connectivity index (χ4v) is 4.68. The molecule has 0 aromatic heterocycles. The van der Waals surface area contributed by atoms with E-state index in [1.165, 1.54) is 11.1 Å². The molecule has 32 heavy (non-hydrogen) atoms. The first kappa shape index (κ1) is 27.3. The van der Waals surface area contributed by atoms with Crippen LogP contribution in [0.2, 0.25) is 0 Å². The van der Waals surface area contributed by atoms with Crippen molar-refractivity contribution >= 4 is 29.9 Å². The Morgan fingerprint density at radius 3 is 2.53 bits per heavy atom. The van der Waals surface area contributed by atoms with Crippen molar-refractivity contribution in [2.45, 2.75) is 65.3 Å². The van der Waals surface area contributed by atoms with Crippen molar-refractivity contribution in [2.75, 3.05) is 45.9 Å². The van der Waals surface area contributed by atoms with E-state index in [4.69, 9.17) is 14.5 Å². The van der Waals surface area contributed by atoms with E-state index >= 15 is 0 Å². The van der Waals surface area contributed by atoms with Gasteiger partial charge in [0.05, 0.1) is 18.3 Å². The second-order valence-corrected chi connectivity index (χ2v) is 9.12. The number of aryl methyl sites for hydroxylation is 1. The van der Waals surface area contributed by atoms with Crippen LogP contribution in [-0.2, 0) is 9.47 Å². The quantitative estimate of drug-likeness (QED) is 0.218. The fraction of sp³-hybridized carbons (Fsp3) is 0.720. The van der Waals surface area contributed by atoms with Crippen LogP contribution in [0.1, 0.15) is 57.3 Å². The maximum absolute atomic E-state index is 6.17. The molecule has 2 saturated heterocycles. The van der Waals surface area contributed by atoms with Crippen LogP contribution >= 0.6 is 24.0 Å². The first-order valence-corrected chi connectivity index (χ1v) is 12.1. The van der Waals surface area contributed by atoms with Crippen molar-refractivity contribution in [1.82, 2.24) is 15.5 Å². The smallest absolute Gasteiger partial charge is 0.191 e. The van der Waals surface area contributed by atoms with Crippen LogP contribution in [0.5, 0.6) is 0 Å². The summed E-state index contributed by atoms with van der Waals surface area (Å²) in [6.07, 6.45) is 4.18. The molecule has 2 aliphatic rings. The molecular formula is C25H43IN4O2. The van der Waals surface area contributed by atoms with Crippen molar-refractivity contribution in [1.29, 1.82) is 0 Å². The number of hydrogen-bond acceptors (Lipinski definition) is 4. The van der Waals surface area contributed by atoms with Crippen LogP contribution in [0.25, 0.3) is 0 Å². The summed E-state index contributed by atoms with van der Waals surface area (Å²) in [7, 11) is 0. The highest BCUT2D eigenvalue weighted by Crippen LogP contribution is 2.33. The van der Waals surface area contributed by atoms with Gasteiger partial charge in [0.1, 0.15) is 0 Å². The van der Waals surface area contributed by atoms with Gasteiger partial charge in [-0.1, -0.05) is 29.8 Å². The van der Waals surface area contributed by atoms with Gasteiger partial charge in [-0.15, -0.1) is 24.0 Å². The van der Waals surface area contributed by atoms with Crippen molar-refractivity contribution < 1.29 is 9.47 Å². The SMILES string of the molecule is CCNC(=NCC1CCCOC1c1ccc(C)cc1)NCCCN1CC(C)OC(C)C1.I. The third kappa shape index (κ3) is 8.80. The van der Waals surface area contributed by atoms with Gasteiger partial charge in [0.2, 0.25) is 0 Å². The number of guanidine groups is 1. The van der Waals surface area contributed by atoms with Gasteiger partial charge in [0.15, 0.2) is 5.96 Å². The van der Waals surface area contributed by atoms with Gasteiger partial charge in [-0.3, -0.25) is 9.89 Å². The predicted octanol–water partition coefficient (Wildman–Crippen LogP) is 4.14. The molecule has 1 aromatic rings. The van der Waals surface area contributed by atoms with E-state index in [9.17, 15) is 0 Å². The average Bonchev–Trinajstić information content (AvgIpc) is 2.75. The van der Waals surface area contributed by atoms with E-state index in [0.717, 1.165) is 71.1 Å². The van der Waals surface area contributed by atoms with Crippen molar-refractivity contribution in [2.24, 2.45) is 10.9 Å². The van der Waals surface area contributed by atoms with Gasteiger partial charge in [-0.25, -0.2) is 0 Å². The van der Waals surface area contributed by atoms with Gasteiger partial charge in [0, 0.05) is 51.8 Å². The second-order valence-electron chi connectivity index (χ2n) is 9.12. The van der Waals surface area contributed by atoms with Crippen LogP contribution in [0.3, 0.4) is 0 Å². The van der Waals surface area contributed by atoms with E-state index in [2.05, 4.69) is 67.5 Å². The zero-order valence-corrected chi connectivity index (χ0v) is 22.6. The molecule has 3 rings (SSSR count). The van der Waals surface area contributed by atoms with Gasteiger partial charge in [0.25, 0.3) is 0 Å². The number of morpholine rings is 1. The van der Waals surface area contributed by atoms with Gasteiger partial charge in [-0.05, 0) is 52.5 Å². The molecule has 0 saturated carbocycles. The highest BCUT2D eigenvalue weighted by molar-refractivity contribution is 14.0. The van der Waals surface area contributed by atoms with Gasteiger partial charge < -0.3 is 20.1 Å². The minimum Gasteiger partial charge on any atom is -0.373 e. The Morgan fingerprint density at radius 2 is 1.84 bits per heavy atom. The molecule has 6 nitrogen and oxygen atoms in total. The Morgan fingerprint density at radius 1 is 1.12 bits per heavy atom. The van der Waals surface area contributed by atoms with E-state index in [1.807, 2.05) is 0 Å². The summed E-state index contributed by atoms with van der Waals surface area (Å²) in [6, 6.07) is 8.77. The summed E-state index contributed by atoms with van der Waals surface area (Å²) >= 11 is 0. The molecule has 0 aliphatic carbocycles. The monoisotopic (exact) mass is 558 g/mol. The summed E-state index contributed by atoms with van der Waals surface area (Å²) < 4.78 is 12.0. The maximum Gasteiger partial charge on any atom is 0.191 e. The largest absolute Gasteiger partial charge is 0.373 e. The van der Waals surface area contributed by atoms with Crippen LogP contribution in [0.15, 0.2) is 29.3 Å². The summed E-state index contributed by atoms with van der Waals surface area (Å²) in [6.45, 7) is 15.1. The molecule has 182 valence electrons. The van der Waals surface area contributed by atoms with E-state index in [1.54, 1.807) is 0 Å². The topological polar surface area (TPSA) is 58.1 Å². The first-order chi connectivity index (χ1) is 15.0. The number of nitrogens with one attached hydrogen (secondary N) is 2. The predicted molar refractivity (Wildman–Crippen MR) is 143 cm³/mol. The lowest BCUT2D eigenvalue weighted by Gasteiger charge is -2.35. The van der Waals surface area contributed by atoms with Crippen molar-refractivity contribution in [3.05, 3.63) is 35.4 Å². The lowest BCUT2D eigenvalue weighted by molar-refractivity contribution is -0.0679. The van der Waals surface area contributed by atoms with Crippen LogP contribution < -0.4 is 10.6 Å². The summed E-state index contributed by atoms with van der Waals surface area (Å²) in [5.41, 5.74) is 2.56. The number of aliphatic imine (C=N–C) groups is 1. The number of hydrogen-bond donors (Lipinski definition) is 2. The Bertz CT molecular complexity index is 675. The first-order valence-electron chi connectivity index (χ1n) is 12.1. The Labute approximate surface area is 211 Å². The lowest BCUT2D eigenvalue weighted by Crippen LogP contribution is -2.46. The summed E-state index contributed by atoms with van der Waals surface area (Å²) in [5.74, 6) is 1.34. The number of nitrogens with zero attached hydrogens (tertiary/aromatic N) is 2. The molecule has 2 aliphatic heterocycles. The number of ether oxygens (including phenoxy) is 2. The van der Waals surface area contributed by atoms with Crippen molar-refractivity contribution in [3.8, 4) is 0 Å². The summed E-state index contributed by atoms with van der Waals surface area (Å²) in [4.78, 5) is 7.43. The third-order valence-electron chi connectivity index (χ3n) is 6.12. The Kier molecular flexibility index (Phi) is 12.3. The highest BCUT2D eigenvalue weighted by atomic mass is 127. The molecule has 2 fully saturated rings. The molecule has 4 unspecified atom stereocenters. The van der Waals surface area contributed by atoms with Crippen LogP contribution in [0.4, 0.5) is 0 Å². The van der Waals surface area contributed by atoms with Gasteiger partial charge >= 0.3 is 0 Å². The normalized spacial score (nSPS) is 26.9. The minimum atomic E-state index is 0. The average molecular weight is 559 g/mol. The second kappa shape index (κ2) is 14.4. The number of rotatable bonds is 8. The fourth-order valence-electron chi connectivity index (χ4n) is 4.68. The highest BCUT2D eigenvalue weighted by Gasteiger charge is 2.27. The lowest BCUT2D eigenvalue weighted by atomic mass is 9.89. The standard InChI is InChI=1S/C25H42N4O2.HI/c1-5-26-25(27-13-7-14-29-17-20(3)31-21(4)18-29)28-16-23-8-6-15-30-24(23)22-11-9-19(2)10-12-22;/h9-12,20-21,23-24H,5-8,13-18H2,1-4H3,(H2,26,27,28);1H. The van der Waals surface area contributed by atoms with E-state index < -0.39 is 0 Å². The minimum absolute atomic E-state index is 0. The van der Waals surface area contributed by atoms with E-state index in [-0.39, 0.29) is 30.1 Å². The molecule has 1 aromatic carbocycles. The molecular weight excluding hydrogens is 515 g/mol. The molecule has 0 radical (unpaired) electrons. The molecule has 0 bridgehead atoms. The molecule has 0 spiro atoms.